The molecule has 22 heavy (non-hydrogen) atoms. The molecule has 2 unspecified atom stereocenters. The van der Waals surface area contributed by atoms with E-state index in [0.29, 0.717) is 5.75 Å². The Hall–Kier alpha value is -1.69. The Balaban J connectivity index is 3.06. The van der Waals surface area contributed by atoms with E-state index in [0.717, 1.165) is 0 Å². The third-order valence-corrected chi connectivity index (χ3v) is 3.21. The zero-order valence-corrected chi connectivity index (χ0v) is 13.2. The minimum absolute atomic E-state index is 0.0281. The summed E-state index contributed by atoms with van der Waals surface area (Å²) >= 11 is 0. The molecule has 0 aliphatic rings. The normalized spacial score (nSPS) is 15.5. The lowest BCUT2D eigenvalue weighted by Gasteiger charge is -2.31. The van der Waals surface area contributed by atoms with Crippen LogP contribution >= 0.6 is 0 Å². The Kier molecular flexibility index (Phi) is 6.29. The van der Waals surface area contributed by atoms with Crippen molar-refractivity contribution in [2.75, 3.05) is 6.61 Å². The maximum atomic E-state index is 13.2. The maximum absolute atomic E-state index is 13.2. The molecule has 0 saturated heterocycles. The molecule has 0 heterocycles. The van der Waals surface area contributed by atoms with Gasteiger partial charge in [-0.05, 0) is 45.4 Å². The van der Waals surface area contributed by atoms with Crippen molar-refractivity contribution in [3.05, 3.63) is 29.8 Å². The van der Waals surface area contributed by atoms with E-state index in [1.165, 1.54) is 26.0 Å². The lowest BCUT2D eigenvalue weighted by atomic mass is 9.83. The summed E-state index contributed by atoms with van der Waals surface area (Å²) in [5.41, 5.74) is -1.85. The second kappa shape index (κ2) is 7.54. The van der Waals surface area contributed by atoms with Crippen molar-refractivity contribution >= 4 is 5.97 Å². The van der Waals surface area contributed by atoms with Crippen molar-refractivity contribution in [3.8, 4) is 5.75 Å². The van der Waals surface area contributed by atoms with Crippen LogP contribution in [0.3, 0.4) is 0 Å². The standard InChI is InChI=1S/C16H22F2O4/c1-5-21-15(19)13(14(17)18)16(4,20)11-6-8-12(9-7-11)22-10(2)3/h6-10,13-14,20H,5H2,1-4H3. The van der Waals surface area contributed by atoms with E-state index in [2.05, 4.69) is 4.74 Å². The number of aliphatic hydroxyl groups is 1. The Morgan fingerprint density at radius 3 is 2.23 bits per heavy atom. The van der Waals surface area contributed by atoms with Crippen molar-refractivity contribution in [2.45, 2.75) is 45.8 Å². The van der Waals surface area contributed by atoms with Crippen LogP contribution in [0.25, 0.3) is 0 Å². The molecular weight excluding hydrogens is 294 g/mol. The summed E-state index contributed by atoms with van der Waals surface area (Å²) in [5, 5.41) is 10.5. The van der Waals surface area contributed by atoms with Crippen LogP contribution in [-0.4, -0.2) is 30.2 Å². The molecule has 0 amide bonds. The first-order valence-electron chi connectivity index (χ1n) is 7.14. The Labute approximate surface area is 129 Å². The lowest BCUT2D eigenvalue weighted by molar-refractivity contribution is -0.169. The molecule has 0 aromatic heterocycles. The van der Waals surface area contributed by atoms with Crippen LogP contribution in [0.4, 0.5) is 8.78 Å². The summed E-state index contributed by atoms with van der Waals surface area (Å²) < 4.78 is 36.5. The van der Waals surface area contributed by atoms with E-state index >= 15 is 0 Å². The van der Waals surface area contributed by atoms with Gasteiger partial charge in [0, 0.05) is 0 Å². The molecule has 124 valence electrons. The van der Waals surface area contributed by atoms with E-state index in [1.807, 2.05) is 13.8 Å². The zero-order chi connectivity index (χ0) is 16.9. The van der Waals surface area contributed by atoms with E-state index in [1.54, 1.807) is 12.1 Å². The summed E-state index contributed by atoms with van der Waals surface area (Å²) in [7, 11) is 0. The van der Waals surface area contributed by atoms with E-state index < -0.39 is 23.9 Å². The van der Waals surface area contributed by atoms with Gasteiger partial charge in [-0.15, -0.1) is 0 Å². The minimum atomic E-state index is -3.04. The number of carbonyl (C=O) groups is 1. The largest absolute Gasteiger partial charge is 0.491 e. The highest BCUT2D eigenvalue weighted by atomic mass is 19.3. The summed E-state index contributed by atoms with van der Waals surface area (Å²) in [6.07, 6.45) is -3.07. The van der Waals surface area contributed by atoms with Gasteiger partial charge in [-0.3, -0.25) is 4.79 Å². The average molecular weight is 316 g/mol. The van der Waals surface area contributed by atoms with Gasteiger partial charge < -0.3 is 14.6 Å². The number of halogens is 2. The number of ether oxygens (including phenoxy) is 2. The number of alkyl halides is 2. The molecule has 0 bridgehead atoms. The lowest BCUT2D eigenvalue weighted by Crippen LogP contribution is -2.42. The van der Waals surface area contributed by atoms with E-state index in [-0.39, 0.29) is 18.3 Å². The second-order valence-corrected chi connectivity index (χ2v) is 5.40. The second-order valence-electron chi connectivity index (χ2n) is 5.40. The summed E-state index contributed by atoms with van der Waals surface area (Å²) in [4.78, 5) is 11.7. The SMILES string of the molecule is CCOC(=O)C(C(F)F)C(C)(O)c1ccc(OC(C)C)cc1. The summed E-state index contributed by atoms with van der Waals surface area (Å²) in [6.45, 7) is 6.39. The molecule has 0 fully saturated rings. The summed E-state index contributed by atoms with van der Waals surface area (Å²) in [5.74, 6) is -2.52. The molecule has 0 saturated carbocycles. The van der Waals surface area contributed by atoms with Gasteiger partial charge in [-0.1, -0.05) is 12.1 Å². The predicted octanol–water partition coefficient (Wildman–Crippen LogP) is 3.13. The molecule has 4 nitrogen and oxygen atoms in total. The van der Waals surface area contributed by atoms with Crippen molar-refractivity contribution in [3.63, 3.8) is 0 Å². The van der Waals surface area contributed by atoms with Gasteiger partial charge in [0.15, 0.2) is 0 Å². The fourth-order valence-electron chi connectivity index (χ4n) is 2.13. The molecule has 1 rings (SSSR count). The highest BCUT2D eigenvalue weighted by molar-refractivity contribution is 5.74. The van der Waals surface area contributed by atoms with Crippen LogP contribution < -0.4 is 4.74 Å². The number of benzene rings is 1. The molecule has 1 aromatic carbocycles. The molecule has 0 radical (unpaired) electrons. The summed E-state index contributed by atoms with van der Waals surface area (Å²) in [6, 6.07) is 6.06. The van der Waals surface area contributed by atoms with Crippen LogP contribution in [0.2, 0.25) is 0 Å². The van der Waals surface area contributed by atoms with Crippen molar-refractivity contribution in [2.24, 2.45) is 5.92 Å². The van der Waals surface area contributed by atoms with Crippen LogP contribution in [0, 0.1) is 5.92 Å². The average Bonchev–Trinajstić information content (AvgIpc) is 2.38. The number of hydrogen-bond acceptors (Lipinski definition) is 4. The fourth-order valence-corrected chi connectivity index (χ4v) is 2.13. The maximum Gasteiger partial charge on any atom is 0.318 e. The van der Waals surface area contributed by atoms with Crippen molar-refractivity contribution < 1.29 is 28.2 Å². The molecule has 1 N–H and O–H groups in total. The first-order valence-corrected chi connectivity index (χ1v) is 7.14. The minimum Gasteiger partial charge on any atom is -0.491 e. The van der Waals surface area contributed by atoms with Crippen LogP contribution in [0.5, 0.6) is 5.75 Å². The first-order chi connectivity index (χ1) is 10.2. The van der Waals surface area contributed by atoms with Crippen LogP contribution in [-0.2, 0) is 15.1 Å². The van der Waals surface area contributed by atoms with E-state index in [9.17, 15) is 18.7 Å². The quantitative estimate of drug-likeness (QED) is 0.785. The van der Waals surface area contributed by atoms with Gasteiger partial charge in [0.1, 0.15) is 17.3 Å². The highest BCUT2D eigenvalue weighted by Crippen LogP contribution is 2.35. The highest BCUT2D eigenvalue weighted by Gasteiger charge is 2.46. The van der Waals surface area contributed by atoms with Gasteiger partial charge in [-0.2, -0.15) is 0 Å². The smallest absolute Gasteiger partial charge is 0.318 e. The first kappa shape index (κ1) is 18.4. The van der Waals surface area contributed by atoms with Gasteiger partial charge in [0.2, 0.25) is 0 Å². The zero-order valence-electron chi connectivity index (χ0n) is 13.2. The Morgan fingerprint density at radius 2 is 1.82 bits per heavy atom. The molecular formula is C16H22F2O4. The Bertz CT molecular complexity index is 483. The molecule has 2 atom stereocenters. The van der Waals surface area contributed by atoms with Crippen molar-refractivity contribution in [1.82, 2.24) is 0 Å². The molecule has 6 heteroatoms. The molecule has 0 aliphatic heterocycles. The number of carbonyl (C=O) groups excluding carboxylic acids is 1. The van der Waals surface area contributed by atoms with Gasteiger partial charge in [0.05, 0.1) is 12.7 Å². The molecule has 1 aromatic rings. The van der Waals surface area contributed by atoms with E-state index in [4.69, 9.17) is 4.74 Å². The monoisotopic (exact) mass is 316 g/mol. The molecule has 0 spiro atoms. The van der Waals surface area contributed by atoms with Gasteiger partial charge in [-0.25, -0.2) is 8.78 Å². The predicted molar refractivity (Wildman–Crippen MR) is 77.9 cm³/mol. The fraction of sp³-hybridized carbons (Fsp3) is 0.562. The van der Waals surface area contributed by atoms with Crippen molar-refractivity contribution in [1.29, 1.82) is 0 Å². The number of esters is 1. The number of hydrogen-bond donors (Lipinski definition) is 1. The van der Waals surface area contributed by atoms with Gasteiger partial charge >= 0.3 is 5.97 Å². The Morgan fingerprint density at radius 1 is 1.27 bits per heavy atom. The third-order valence-electron chi connectivity index (χ3n) is 3.21. The van der Waals surface area contributed by atoms with Gasteiger partial charge in [0.25, 0.3) is 6.43 Å². The topological polar surface area (TPSA) is 55.8 Å². The number of rotatable bonds is 7. The van der Waals surface area contributed by atoms with Crippen LogP contribution in [0.1, 0.15) is 33.3 Å². The van der Waals surface area contributed by atoms with Crippen LogP contribution in [0.15, 0.2) is 24.3 Å². The molecule has 0 aliphatic carbocycles. The third kappa shape index (κ3) is 4.40.